The lowest BCUT2D eigenvalue weighted by Gasteiger charge is -2.16. The predicted octanol–water partition coefficient (Wildman–Crippen LogP) is 2.57. The highest BCUT2D eigenvalue weighted by molar-refractivity contribution is 5.94. The Morgan fingerprint density at radius 2 is 1.92 bits per heavy atom. The van der Waals surface area contributed by atoms with Gasteiger partial charge in [-0.05, 0) is 18.2 Å². The summed E-state index contributed by atoms with van der Waals surface area (Å²) < 4.78 is 45.9. The van der Waals surface area contributed by atoms with Gasteiger partial charge in [0.25, 0.3) is 5.91 Å². The van der Waals surface area contributed by atoms with Crippen LogP contribution in [-0.4, -0.2) is 36.7 Å². The van der Waals surface area contributed by atoms with Crippen LogP contribution in [0.15, 0.2) is 47.1 Å². The third-order valence-electron chi connectivity index (χ3n) is 3.13. The Kier molecular flexibility index (Phi) is 5.68. The average Bonchev–Trinajstić information content (AvgIpc) is 3.06. The molecule has 0 aliphatic rings. The van der Waals surface area contributed by atoms with Gasteiger partial charge < -0.3 is 19.4 Å². The standard InChI is InChI=1S/C16H15F3N2O4/c1-21(15(23)13-7-4-8-24-13)10-14(22)20-9-11-5-2-3-6-12(11)25-16(17,18)19/h2-8H,9-10H2,1H3,(H,20,22). The van der Waals surface area contributed by atoms with Crippen LogP contribution in [0.25, 0.3) is 0 Å². The third-order valence-corrected chi connectivity index (χ3v) is 3.13. The summed E-state index contributed by atoms with van der Waals surface area (Å²) in [6.07, 6.45) is -3.49. The summed E-state index contributed by atoms with van der Waals surface area (Å²) in [6.45, 7) is -0.449. The Morgan fingerprint density at radius 3 is 2.56 bits per heavy atom. The van der Waals surface area contributed by atoms with E-state index in [1.165, 1.54) is 37.6 Å². The molecule has 2 amide bonds. The Balaban J connectivity index is 1.91. The second kappa shape index (κ2) is 7.73. The van der Waals surface area contributed by atoms with Crippen LogP contribution in [0.3, 0.4) is 0 Å². The molecule has 0 saturated heterocycles. The zero-order chi connectivity index (χ0) is 18.4. The summed E-state index contributed by atoms with van der Waals surface area (Å²) in [5, 5.41) is 2.45. The number of alkyl halides is 3. The normalized spacial score (nSPS) is 11.0. The number of ether oxygens (including phenoxy) is 1. The molecular formula is C16H15F3N2O4. The number of rotatable bonds is 6. The second-order valence-corrected chi connectivity index (χ2v) is 5.07. The number of furan rings is 1. The largest absolute Gasteiger partial charge is 0.573 e. The minimum absolute atomic E-state index is 0.0826. The van der Waals surface area contributed by atoms with Gasteiger partial charge in [0.1, 0.15) is 5.75 Å². The first kappa shape index (κ1) is 18.4. The smallest absolute Gasteiger partial charge is 0.459 e. The first-order valence-corrected chi connectivity index (χ1v) is 7.15. The highest BCUT2D eigenvalue weighted by Gasteiger charge is 2.32. The Morgan fingerprint density at radius 1 is 1.20 bits per heavy atom. The van der Waals surface area contributed by atoms with E-state index in [-0.39, 0.29) is 24.4 Å². The molecule has 1 aromatic heterocycles. The molecule has 0 spiro atoms. The van der Waals surface area contributed by atoms with E-state index in [1.54, 1.807) is 6.07 Å². The number of halogens is 3. The molecule has 0 aliphatic heterocycles. The van der Waals surface area contributed by atoms with Gasteiger partial charge in [-0.25, -0.2) is 0 Å². The molecule has 1 aromatic carbocycles. The molecule has 134 valence electrons. The zero-order valence-corrected chi connectivity index (χ0v) is 13.2. The molecule has 2 rings (SSSR count). The van der Waals surface area contributed by atoms with Crippen molar-refractivity contribution in [1.29, 1.82) is 0 Å². The molecule has 1 heterocycles. The van der Waals surface area contributed by atoms with E-state index in [0.717, 1.165) is 11.0 Å². The van der Waals surface area contributed by atoms with Crippen LogP contribution >= 0.6 is 0 Å². The first-order chi connectivity index (χ1) is 11.8. The molecule has 0 fully saturated rings. The van der Waals surface area contributed by atoms with E-state index in [0.29, 0.717) is 0 Å². The molecule has 1 N–H and O–H groups in total. The van der Waals surface area contributed by atoms with Gasteiger partial charge in [0.05, 0.1) is 12.8 Å². The SMILES string of the molecule is CN(CC(=O)NCc1ccccc1OC(F)(F)F)C(=O)c1ccco1. The monoisotopic (exact) mass is 356 g/mol. The Bertz CT molecular complexity index is 729. The topological polar surface area (TPSA) is 71.8 Å². The van der Waals surface area contributed by atoms with Crippen LogP contribution in [0.2, 0.25) is 0 Å². The van der Waals surface area contributed by atoms with Crippen LogP contribution in [0, 0.1) is 0 Å². The van der Waals surface area contributed by atoms with E-state index >= 15 is 0 Å². The van der Waals surface area contributed by atoms with E-state index in [1.807, 2.05) is 0 Å². The van der Waals surface area contributed by atoms with Crippen molar-refractivity contribution in [3.8, 4) is 5.75 Å². The van der Waals surface area contributed by atoms with Gasteiger partial charge in [0, 0.05) is 19.2 Å². The van der Waals surface area contributed by atoms with Gasteiger partial charge in [-0.2, -0.15) is 0 Å². The molecule has 0 saturated carbocycles. The fourth-order valence-electron chi connectivity index (χ4n) is 2.00. The fourth-order valence-corrected chi connectivity index (χ4v) is 2.00. The molecule has 0 unspecified atom stereocenters. The molecule has 25 heavy (non-hydrogen) atoms. The number of nitrogens with one attached hydrogen (secondary N) is 1. The molecule has 0 aliphatic carbocycles. The maximum Gasteiger partial charge on any atom is 0.573 e. The van der Waals surface area contributed by atoms with E-state index < -0.39 is 23.9 Å². The number of carbonyl (C=O) groups excluding carboxylic acids is 2. The first-order valence-electron chi connectivity index (χ1n) is 7.15. The van der Waals surface area contributed by atoms with Crippen molar-refractivity contribution >= 4 is 11.8 Å². The second-order valence-electron chi connectivity index (χ2n) is 5.07. The zero-order valence-electron chi connectivity index (χ0n) is 13.2. The molecule has 0 radical (unpaired) electrons. The van der Waals surface area contributed by atoms with Gasteiger partial charge in [-0.3, -0.25) is 9.59 Å². The Hall–Kier alpha value is -2.97. The number of nitrogens with zero attached hydrogens (tertiary/aromatic N) is 1. The number of amides is 2. The molecule has 2 aromatic rings. The number of benzene rings is 1. The van der Waals surface area contributed by atoms with Crippen molar-refractivity contribution in [3.05, 3.63) is 54.0 Å². The van der Waals surface area contributed by atoms with E-state index in [9.17, 15) is 22.8 Å². The number of para-hydroxylation sites is 1. The van der Waals surface area contributed by atoms with Gasteiger partial charge in [-0.1, -0.05) is 18.2 Å². The van der Waals surface area contributed by atoms with Crippen LogP contribution in [-0.2, 0) is 11.3 Å². The summed E-state index contributed by atoms with van der Waals surface area (Å²) >= 11 is 0. The average molecular weight is 356 g/mol. The van der Waals surface area contributed by atoms with E-state index in [4.69, 9.17) is 4.42 Å². The summed E-state index contributed by atoms with van der Waals surface area (Å²) in [5.41, 5.74) is 0.160. The fraction of sp³-hybridized carbons (Fsp3) is 0.250. The van der Waals surface area contributed by atoms with E-state index in [2.05, 4.69) is 10.1 Å². The summed E-state index contributed by atoms with van der Waals surface area (Å²) in [4.78, 5) is 25.0. The number of hydrogen-bond donors (Lipinski definition) is 1. The quantitative estimate of drug-likeness (QED) is 0.864. The van der Waals surface area contributed by atoms with Crippen molar-refractivity contribution in [1.82, 2.24) is 10.2 Å². The predicted molar refractivity (Wildman–Crippen MR) is 80.6 cm³/mol. The number of hydrogen-bond acceptors (Lipinski definition) is 4. The highest BCUT2D eigenvalue weighted by atomic mass is 19.4. The van der Waals surface area contributed by atoms with Crippen molar-refractivity contribution in [3.63, 3.8) is 0 Å². The highest BCUT2D eigenvalue weighted by Crippen LogP contribution is 2.26. The van der Waals surface area contributed by atoms with Crippen molar-refractivity contribution < 1.29 is 31.9 Å². The van der Waals surface area contributed by atoms with Crippen molar-refractivity contribution in [2.45, 2.75) is 12.9 Å². The lowest BCUT2D eigenvalue weighted by Crippen LogP contribution is -2.38. The van der Waals surface area contributed by atoms with Crippen LogP contribution in [0.4, 0.5) is 13.2 Å². The van der Waals surface area contributed by atoms with Gasteiger partial charge >= 0.3 is 6.36 Å². The van der Waals surface area contributed by atoms with Crippen molar-refractivity contribution in [2.24, 2.45) is 0 Å². The maximum atomic E-state index is 12.4. The minimum atomic E-state index is -4.82. The number of carbonyl (C=O) groups is 2. The molecular weight excluding hydrogens is 341 g/mol. The lowest BCUT2D eigenvalue weighted by atomic mass is 10.2. The van der Waals surface area contributed by atoms with Gasteiger partial charge in [0.15, 0.2) is 5.76 Å². The van der Waals surface area contributed by atoms with Gasteiger partial charge in [-0.15, -0.1) is 13.2 Å². The van der Waals surface area contributed by atoms with Crippen LogP contribution < -0.4 is 10.1 Å². The van der Waals surface area contributed by atoms with Crippen molar-refractivity contribution in [2.75, 3.05) is 13.6 Å². The minimum Gasteiger partial charge on any atom is -0.459 e. The lowest BCUT2D eigenvalue weighted by molar-refractivity contribution is -0.274. The van der Waals surface area contributed by atoms with Crippen LogP contribution in [0.1, 0.15) is 16.1 Å². The van der Waals surface area contributed by atoms with Crippen LogP contribution in [0.5, 0.6) is 5.75 Å². The van der Waals surface area contributed by atoms with Gasteiger partial charge in [0.2, 0.25) is 5.91 Å². The maximum absolute atomic E-state index is 12.4. The summed E-state index contributed by atoms with van der Waals surface area (Å²) in [5.74, 6) is -1.33. The summed E-state index contributed by atoms with van der Waals surface area (Å²) in [7, 11) is 1.41. The molecule has 9 heteroatoms. The Labute approximate surface area is 141 Å². The molecule has 0 bridgehead atoms. The number of likely N-dealkylation sites (N-methyl/N-ethyl adjacent to an activating group) is 1. The third kappa shape index (κ3) is 5.55. The molecule has 0 atom stereocenters. The molecule has 6 nitrogen and oxygen atoms in total. The summed E-state index contributed by atoms with van der Waals surface area (Å²) in [6, 6.07) is 8.47.